The highest BCUT2D eigenvalue weighted by Crippen LogP contribution is 2.34. The second-order valence-corrected chi connectivity index (χ2v) is 6.04. The number of rotatable bonds is 2. The van der Waals surface area contributed by atoms with Gasteiger partial charge in [-0.25, -0.2) is 0 Å². The number of nitrogens with one attached hydrogen (secondary N) is 1. The van der Waals surface area contributed by atoms with Crippen molar-refractivity contribution in [2.45, 2.75) is 6.92 Å². The molecule has 20 heavy (non-hydrogen) atoms. The molecule has 6 heteroatoms. The second kappa shape index (κ2) is 5.85. The molecule has 1 amide bonds. The molecule has 0 bridgehead atoms. The van der Waals surface area contributed by atoms with E-state index in [0.29, 0.717) is 20.3 Å². The van der Waals surface area contributed by atoms with Crippen molar-refractivity contribution in [2.75, 3.05) is 11.1 Å². The third-order valence-electron chi connectivity index (χ3n) is 2.70. The Morgan fingerprint density at radius 2 is 1.80 bits per heavy atom. The van der Waals surface area contributed by atoms with Crippen LogP contribution in [0.4, 0.5) is 11.4 Å². The van der Waals surface area contributed by atoms with Crippen LogP contribution in [0.3, 0.4) is 0 Å². The molecule has 2 rings (SSSR count). The minimum atomic E-state index is -0.391. The smallest absolute Gasteiger partial charge is 0.259 e. The summed E-state index contributed by atoms with van der Waals surface area (Å²) in [6.45, 7) is 1.85. The lowest BCUT2D eigenvalue weighted by atomic mass is 10.1. The van der Waals surface area contributed by atoms with E-state index in [-0.39, 0.29) is 11.3 Å². The number of aryl methyl sites for hydroxylation is 1. The fraction of sp³-hybridized carbons (Fsp3) is 0.0714. The predicted octanol–water partition coefficient (Wildman–Crippen LogP) is 4.06. The van der Waals surface area contributed by atoms with E-state index in [2.05, 4.69) is 37.2 Å². The Labute approximate surface area is 133 Å². The molecular weight excluding hydrogens is 388 g/mol. The highest BCUT2D eigenvalue weighted by Gasteiger charge is 2.15. The van der Waals surface area contributed by atoms with Crippen LogP contribution in [0.25, 0.3) is 0 Å². The number of hydrogen-bond acceptors (Lipinski definition) is 3. The van der Waals surface area contributed by atoms with Crippen LogP contribution in [-0.4, -0.2) is 11.0 Å². The molecule has 0 aliphatic rings. The molecule has 2 aromatic carbocycles. The van der Waals surface area contributed by atoms with E-state index in [9.17, 15) is 9.90 Å². The Morgan fingerprint density at radius 3 is 2.40 bits per heavy atom. The Balaban J connectivity index is 2.35. The minimum Gasteiger partial charge on any atom is -0.507 e. The fourth-order valence-electron chi connectivity index (χ4n) is 1.72. The van der Waals surface area contributed by atoms with Crippen LogP contribution >= 0.6 is 31.9 Å². The lowest BCUT2D eigenvalue weighted by Gasteiger charge is -2.12. The largest absolute Gasteiger partial charge is 0.507 e. The summed E-state index contributed by atoms with van der Waals surface area (Å²) in [5.41, 5.74) is 7.95. The topological polar surface area (TPSA) is 75.3 Å². The monoisotopic (exact) mass is 398 g/mol. The maximum Gasteiger partial charge on any atom is 0.259 e. The van der Waals surface area contributed by atoms with E-state index in [0.717, 1.165) is 5.56 Å². The molecule has 0 saturated heterocycles. The molecule has 0 radical (unpaired) electrons. The standard InChI is InChI=1S/C14H12Br2N2O2/c1-7-2-3-12(19)9(4-7)14(20)18-13-10(15)5-8(17)6-11(13)16/h2-6,19H,17H2,1H3,(H,18,20). The Bertz CT molecular complexity index is 664. The first-order valence-electron chi connectivity index (χ1n) is 5.74. The molecule has 104 valence electrons. The average molecular weight is 400 g/mol. The predicted molar refractivity (Wildman–Crippen MR) is 87.1 cm³/mol. The van der Waals surface area contributed by atoms with E-state index >= 15 is 0 Å². The minimum absolute atomic E-state index is 0.0595. The van der Waals surface area contributed by atoms with Crippen LogP contribution in [0.1, 0.15) is 15.9 Å². The van der Waals surface area contributed by atoms with E-state index in [4.69, 9.17) is 5.73 Å². The lowest BCUT2D eigenvalue weighted by molar-refractivity contribution is 0.102. The van der Waals surface area contributed by atoms with Crippen LogP contribution in [0.2, 0.25) is 0 Å². The first-order chi connectivity index (χ1) is 9.38. The van der Waals surface area contributed by atoms with E-state index in [1.807, 2.05) is 6.92 Å². The Kier molecular flexibility index (Phi) is 4.35. The maximum atomic E-state index is 12.2. The van der Waals surface area contributed by atoms with Gasteiger partial charge < -0.3 is 16.2 Å². The van der Waals surface area contributed by atoms with Crippen molar-refractivity contribution in [1.82, 2.24) is 0 Å². The molecule has 0 fully saturated rings. The summed E-state index contributed by atoms with van der Waals surface area (Å²) in [6.07, 6.45) is 0. The zero-order chi connectivity index (χ0) is 14.9. The molecular formula is C14H12Br2N2O2. The van der Waals surface area contributed by atoms with Gasteiger partial charge in [-0.1, -0.05) is 11.6 Å². The summed E-state index contributed by atoms with van der Waals surface area (Å²) in [5.74, 6) is -0.451. The third kappa shape index (κ3) is 3.13. The molecule has 0 spiro atoms. The number of phenols is 1. The van der Waals surface area contributed by atoms with Crippen LogP contribution in [0.5, 0.6) is 5.75 Å². The number of carbonyl (C=O) groups is 1. The van der Waals surface area contributed by atoms with Gasteiger partial charge in [0.1, 0.15) is 5.75 Å². The number of anilines is 2. The molecule has 0 saturated carbocycles. The van der Waals surface area contributed by atoms with Crippen LogP contribution in [0, 0.1) is 6.92 Å². The number of carbonyl (C=O) groups excluding carboxylic acids is 1. The van der Waals surface area contributed by atoms with Crippen molar-refractivity contribution in [3.63, 3.8) is 0 Å². The first kappa shape index (κ1) is 14.9. The van der Waals surface area contributed by atoms with Crippen LogP contribution in [-0.2, 0) is 0 Å². The van der Waals surface area contributed by atoms with Gasteiger partial charge in [-0.15, -0.1) is 0 Å². The molecule has 4 nitrogen and oxygen atoms in total. The van der Waals surface area contributed by atoms with Crippen molar-refractivity contribution in [2.24, 2.45) is 0 Å². The number of amides is 1. The SMILES string of the molecule is Cc1ccc(O)c(C(=O)Nc2c(Br)cc(N)cc2Br)c1. The van der Waals surface area contributed by atoms with E-state index in [1.165, 1.54) is 6.07 Å². The number of phenolic OH excluding ortho intramolecular Hbond substituents is 1. The number of halogens is 2. The molecule has 0 aliphatic heterocycles. The quantitative estimate of drug-likeness (QED) is 0.666. The van der Waals surface area contributed by atoms with Crippen molar-refractivity contribution >= 4 is 49.1 Å². The van der Waals surface area contributed by atoms with Gasteiger partial charge in [0, 0.05) is 14.6 Å². The highest BCUT2D eigenvalue weighted by atomic mass is 79.9. The molecule has 0 aliphatic carbocycles. The molecule has 2 aromatic rings. The molecule has 0 unspecified atom stereocenters. The summed E-state index contributed by atoms with van der Waals surface area (Å²) in [6, 6.07) is 8.25. The van der Waals surface area contributed by atoms with E-state index < -0.39 is 5.91 Å². The normalized spacial score (nSPS) is 10.3. The Hall–Kier alpha value is -1.53. The number of hydrogen-bond donors (Lipinski definition) is 3. The van der Waals surface area contributed by atoms with Gasteiger partial charge in [0.15, 0.2) is 0 Å². The van der Waals surface area contributed by atoms with Gasteiger partial charge in [0.2, 0.25) is 0 Å². The van der Waals surface area contributed by atoms with Gasteiger partial charge >= 0.3 is 0 Å². The van der Waals surface area contributed by atoms with Crippen LogP contribution in [0.15, 0.2) is 39.3 Å². The van der Waals surface area contributed by atoms with Gasteiger partial charge in [0.25, 0.3) is 5.91 Å². The molecule has 4 N–H and O–H groups in total. The average Bonchev–Trinajstić information content (AvgIpc) is 2.36. The number of nitrogens with two attached hydrogens (primary N) is 1. The van der Waals surface area contributed by atoms with Crippen molar-refractivity contribution in [3.05, 3.63) is 50.4 Å². The first-order valence-corrected chi connectivity index (χ1v) is 7.32. The zero-order valence-electron chi connectivity index (χ0n) is 10.6. The summed E-state index contributed by atoms with van der Waals surface area (Å²) in [7, 11) is 0. The fourth-order valence-corrected chi connectivity index (χ4v) is 3.14. The molecule has 0 atom stereocenters. The number of aromatic hydroxyl groups is 1. The van der Waals surface area contributed by atoms with Crippen molar-refractivity contribution < 1.29 is 9.90 Å². The number of nitrogen functional groups attached to an aromatic ring is 1. The summed E-state index contributed by atoms with van der Waals surface area (Å²) in [5, 5.41) is 12.5. The second-order valence-electron chi connectivity index (χ2n) is 4.33. The van der Waals surface area contributed by atoms with Crippen LogP contribution < -0.4 is 11.1 Å². The summed E-state index contributed by atoms with van der Waals surface area (Å²) < 4.78 is 1.31. The van der Waals surface area contributed by atoms with Gasteiger partial charge in [0.05, 0.1) is 11.3 Å². The summed E-state index contributed by atoms with van der Waals surface area (Å²) in [4.78, 5) is 12.2. The third-order valence-corrected chi connectivity index (χ3v) is 3.95. The maximum absolute atomic E-state index is 12.2. The number of benzene rings is 2. The summed E-state index contributed by atoms with van der Waals surface area (Å²) >= 11 is 6.69. The molecule has 0 aromatic heterocycles. The van der Waals surface area contributed by atoms with E-state index in [1.54, 1.807) is 24.3 Å². The zero-order valence-corrected chi connectivity index (χ0v) is 13.7. The molecule has 0 heterocycles. The van der Waals surface area contributed by atoms with Gasteiger partial charge in [-0.2, -0.15) is 0 Å². The Morgan fingerprint density at radius 1 is 1.20 bits per heavy atom. The van der Waals surface area contributed by atoms with Crippen molar-refractivity contribution in [1.29, 1.82) is 0 Å². The van der Waals surface area contributed by atoms with Gasteiger partial charge in [-0.3, -0.25) is 4.79 Å². The lowest BCUT2D eigenvalue weighted by Crippen LogP contribution is -2.13. The highest BCUT2D eigenvalue weighted by molar-refractivity contribution is 9.11. The van der Waals surface area contributed by atoms with Crippen molar-refractivity contribution in [3.8, 4) is 5.75 Å². The van der Waals surface area contributed by atoms with Gasteiger partial charge in [-0.05, 0) is 63.0 Å².